The zero-order valence-corrected chi connectivity index (χ0v) is 16.1. The first-order valence-electron chi connectivity index (χ1n) is 7.79. The van der Waals surface area contributed by atoms with E-state index in [0.29, 0.717) is 27.2 Å². The lowest BCUT2D eigenvalue weighted by Crippen LogP contribution is -2.13. The molecule has 1 heterocycles. The van der Waals surface area contributed by atoms with E-state index in [0.717, 1.165) is 16.1 Å². The van der Waals surface area contributed by atoms with E-state index in [1.165, 1.54) is 25.6 Å². The van der Waals surface area contributed by atoms with Gasteiger partial charge in [0, 0.05) is 15.5 Å². The second-order valence-electron chi connectivity index (χ2n) is 5.43. The highest BCUT2D eigenvalue weighted by atomic mass is 35.5. The molecule has 3 aromatic rings. The molecule has 5 nitrogen and oxygen atoms in total. The molecular weight excluding hydrogens is 372 g/mol. The number of aromatic nitrogens is 1. The number of rotatable bonds is 5. The third-order valence-corrected chi connectivity index (χ3v) is 4.92. The van der Waals surface area contributed by atoms with Crippen molar-refractivity contribution in [1.29, 1.82) is 0 Å². The summed E-state index contributed by atoms with van der Waals surface area (Å²) >= 11 is 7.35. The lowest BCUT2D eigenvalue weighted by atomic mass is 10.1. The van der Waals surface area contributed by atoms with E-state index in [9.17, 15) is 4.79 Å². The molecule has 0 aliphatic rings. The number of methoxy groups -OCH3 is 2. The Labute approximate surface area is 160 Å². The van der Waals surface area contributed by atoms with E-state index in [-0.39, 0.29) is 5.91 Å². The Hall–Kier alpha value is -2.57. The Balaban J connectivity index is 1.87. The number of hydrogen-bond acceptors (Lipinski definition) is 5. The summed E-state index contributed by atoms with van der Waals surface area (Å²) in [7, 11) is 3.03. The average molecular weight is 389 g/mol. The number of amides is 1. The van der Waals surface area contributed by atoms with Crippen LogP contribution in [-0.4, -0.2) is 25.1 Å². The monoisotopic (exact) mass is 388 g/mol. The summed E-state index contributed by atoms with van der Waals surface area (Å²) in [5, 5.41) is 4.02. The first-order chi connectivity index (χ1) is 12.5. The van der Waals surface area contributed by atoms with Gasteiger partial charge in [-0.15, -0.1) is 11.3 Å². The van der Waals surface area contributed by atoms with Crippen LogP contribution in [0.15, 0.2) is 42.5 Å². The predicted octanol–water partition coefficient (Wildman–Crippen LogP) is 5.04. The second-order valence-corrected chi connectivity index (χ2v) is 7.07. The van der Waals surface area contributed by atoms with Gasteiger partial charge in [-0.1, -0.05) is 29.8 Å². The fraction of sp³-hybridized carbons (Fsp3) is 0.158. The van der Waals surface area contributed by atoms with E-state index in [1.807, 2.05) is 31.2 Å². The molecule has 134 valence electrons. The van der Waals surface area contributed by atoms with Crippen LogP contribution in [0.4, 0.5) is 5.13 Å². The van der Waals surface area contributed by atoms with Gasteiger partial charge in [0.15, 0.2) is 16.6 Å². The van der Waals surface area contributed by atoms with Crippen molar-refractivity contribution >= 4 is 34.0 Å². The molecule has 1 N–H and O–H groups in total. The molecule has 7 heteroatoms. The SMILES string of the molecule is COc1cccc(C(=O)Nc2nc(-c3ccc(Cl)cc3)c(C)s2)c1OC. The van der Waals surface area contributed by atoms with Gasteiger partial charge in [0.2, 0.25) is 0 Å². The van der Waals surface area contributed by atoms with Crippen LogP contribution in [0.1, 0.15) is 15.2 Å². The molecule has 0 atom stereocenters. The van der Waals surface area contributed by atoms with Crippen LogP contribution in [0.5, 0.6) is 11.5 Å². The van der Waals surface area contributed by atoms with Crippen molar-refractivity contribution in [3.8, 4) is 22.8 Å². The number of halogens is 1. The molecular formula is C19H17ClN2O3S. The number of anilines is 1. The summed E-state index contributed by atoms with van der Waals surface area (Å²) in [6, 6.07) is 12.6. The van der Waals surface area contributed by atoms with Gasteiger partial charge < -0.3 is 9.47 Å². The minimum atomic E-state index is -0.308. The highest BCUT2D eigenvalue weighted by molar-refractivity contribution is 7.16. The maximum atomic E-state index is 12.7. The largest absolute Gasteiger partial charge is 0.493 e. The van der Waals surface area contributed by atoms with Crippen LogP contribution in [-0.2, 0) is 0 Å². The molecule has 0 radical (unpaired) electrons. The number of para-hydroxylation sites is 1. The maximum absolute atomic E-state index is 12.7. The van der Waals surface area contributed by atoms with Gasteiger partial charge in [-0.3, -0.25) is 10.1 Å². The van der Waals surface area contributed by atoms with E-state index in [4.69, 9.17) is 21.1 Å². The van der Waals surface area contributed by atoms with Gasteiger partial charge in [0.25, 0.3) is 5.91 Å². The summed E-state index contributed by atoms with van der Waals surface area (Å²) in [6.07, 6.45) is 0. The topological polar surface area (TPSA) is 60.5 Å². The zero-order chi connectivity index (χ0) is 18.7. The van der Waals surface area contributed by atoms with Crippen LogP contribution in [0.25, 0.3) is 11.3 Å². The number of carbonyl (C=O) groups is 1. The molecule has 3 rings (SSSR count). The highest BCUT2D eigenvalue weighted by Gasteiger charge is 2.18. The zero-order valence-electron chi connectivity index (χ0n) is 14.5. The van der Waals surface area contributed by atoms with Crippen LogP contribution in [0, 0.1) is 6.92 Å². The molecule has 0 saturated carbocycles. The van der Waals surface area contributed by atoms with Crippen molar-refractivity contribution in [2.75, 3.05) is 19.5 Å². The second kappa shape index (κ2) is 7.76. The van der Waals surface area contributed by atoms with Crippen molar-refractivity contribution < 1.29 is 14.3 Å². The molecule has 0 spiro atoms. The van der Waals surface area contributed by atoms with E-state index >= 15 is 0 Å². The highest BCUT2D eigenvalue weighted by Crippen LogP contribution is 2.33. The Morgan fingerprint density at radius 2 is 1.85 bits per heavy atom. The summed E-state index contributed by atoms with van der Waals surface area (Å²) in [5.41, 5.74) is 2.15. The minimum Gasteiger partial charge on any atom is -0.493 e. The number of ether oxygens (including phenoxy) is 2. The third kappa shape index (κ3) is 3.66. The molecule has 0 aliphatic heterocycles. The van der Waals surface area contributed by atoms with Crippen LogP contribution in [0.2, 0.25) is 5.02 Å². The first-order valence-corrected chi connectivity index (χ1v) is 8.98. The third-order valence-electron chi connectivity index (χ3n) is 3.78. The summed E-state index contributed by atoms with van der Waals surface area (Å²) in [6.45, 7) is 1.96. The van der Waals surface area contributed by atoms with Gasteiger partial charge in [-0.05, 0) is 31.2 Å². The average Bonchev–Trinajstić information content (AvgIpc) is 3.01. The van der Waals surface area contributed by atoms with Gasteiger partial charge in [0.1, 0.15) is 0 Å². The number of hydrogen-bond donors (Lipinski definition) is 1. The van der Waals surface area contributed by atoms with Crippen LogP contribution < -0.4 is 14.8 Å². The van der Waals surface area contributed by atoms with Gasteiger partial charge in [0.05, 0.1) is 25.5 Å². The van der Waals surface area contributed by atoms with Crippen molar-refractivity contribution in [1.82, 2.24) is 4.98 Å². The van der Waals surface area contributed by atoms with E-state index in [2.05, 4.69) is 10.3 Å². The predicted molar refractivity (Wildman–Crippen MR) is 105 cm³/mol. The van der Waals surface area contributed by atoms with E-state index in [1.54, 1.807) is 18.2 Å². The molecule has 1 aromatic heterocycles. The molecule has 0 fully saturated rings. The van der Waals surface area contributed by atoms with Crippen LogP contribution in [0.3, 0.4) is 0 Å². The first kappa shape index (κ1) is 18.2. The fourth-order valence-corrected chi connectivity index (χ4v) is 3.51. The molecule has 2 aromatic carbocycles. The number of thiazole rings is 1. The number of carbonyl (C=O) groups excluding carboxylic acids is 1. The molecule has 0 bridgehead atoms. The quantitative estimate of drug-likeness (QED) is 0.665. The van der Waals surface area contributed by atoms with Crippen molar-refractivity contribution in [2.45, 2.75) is 6.92 Å². The fourth-order valence-electron chi connectivity index (χ4n) is 2.56. The van der Waals surface area contributed by atoms with Crippen molar-refractivity contribution in [3.63, 3.8) is 0 Å². The lowest BCUT2D eigenvalue weighted by Gasteiger charge is -2.11. The number of nitrogens with zero attached hydrogens (tertiary/aromatic N) is 1. The van der Waals surface area contributed by atoms with Crippen molar-refractivity contribution in [3.05, 3.63) is 57.9 Å². The van der Waals surface area contributed by atoms with Gasteiger partial charge >= 0.3 is 0 Å². The Morgan fingerprint density at radius 3 is 2.50 bits per heavy atom. The Morgan fingerprint density at radius 1 is 1.12 bits per heavy atom. The number of aryl methyl sites for hydroxylation is 1. The number of benzene rings is 2. The molecule has 0 unspecified atom stereocenters. The molecule has 0 saturated heterocycles. The minimum absolute atomic E-state index is 0.308. The summed E-state index contributed by atoms with van der Waals surface area (Å²) in [4.78, 5) is 18.2. The normalized spacial score (nSPS) is 10.5. The molecule has 0 aliphatic carbocycles. The summed E-state index contributed by atoms with van der Waals surface area (Å²) < 4.78 is 10.6. The number of nitrogens with one attached hydrogen (secondary N) is 1. The molecule has 1 amide bonds. The molecule has 26 heavy (non-hydrogen) atoms. The maximum Gasteiger partial charge on any atom is 0.261 e. The van der Waals surface area contributed by atoms with Crippen molar-refractivity contribution in [2.24, 2.45) is 0 Å². The van der Waals surface area contributed by atoms with Gasteiger partial charge in [-0.2, -0.15) is 0 Å². The smallest absolute Gasteiger partial charge is 0.261 e. The van der Waals surface area contributed by atoms with E-state index < -0.39 is 0 Å². The standard InChI is InChI=1S/C19H17ClN2O3S/c1-11-16(12-7-9-13(20)10-8-12)21-19(26-11)22-18(23)14-5-4-6-15(24-2)17(14)25-3/h4-10H,1-3H3,(H,21,22,23). The Bertz CT molecular complexity index is 938. The lowest BCUT2D eigenvalue weighted by molar-refractivity contribution is 0.102. The summed E-state index contributed by atoms with van der Waals surface area (Å²) in [5.74, 6) is 0.577. The Kier molecular flexibility index (Phi) is 5.44. The van der Waals surface area contributed by atoms with Gasteiger partial charge in [-0.25, -0.2) is 4.98 Å². The van der Waals surface area contributed by atoms with Crippen LogP contribution >= 0.6 is 22.9 Å².